The summed E-state index contributed by atoms with van der Waals surface area (Å²) in [4.78, 5) is 4.72. The molecule has 2 heterocycles. The van der Waals surface area contributed by atoms with Crippen molar-refractivity contribution in [3.8, 4) is 0 Å². The van der Waals surface area contributed by atoms with Crippen molar-refractivity contribution in [1.82, 2.24) is 4.90 Å². The Morgan fingerprint density at radius 1 is 1.06 bits per heavy atom. The molecule has 16 heavy (non-hydrogen) atoms. The van der Waals surface area contributed by atoms with E-state index in [4.69, 9.17) is 0 Å². The lowest BCUT2D eigenvalue weighted by Gasteiger charge is -2.43. The first kappa shape index (κ1) is 9.76. The van der Waals surface area contributed by atoms with Gasteiger partial charge in [-0.2, -0.15) is 0 Å². The van der Waals surface area contributed by atoms with Gasteiger partial charge in [-0.05, 0) is 17.5 Å². The molecule has 84 valence electrons. The molecule has 1 aromatic carbocycles. The molecule has 1 aromatic rings. The maximum atomic E-state index is 2.40. The van der Waals surface area contributed by atoms with E-state index in [9.17, 15) is 0 Å². The van der Waals surface area contributed by atoms with Crippen LogP contribution in [0.15, 0.2) is 36.7 Å². The van der Waals surface area contributed by atoms with Crippen LogP contribution in [-0.4, -0.2) is 18.1 Å². The quantitative estimate of drug-likeness (QED) is 0.655. The zero-order chi connectivity index (χ0) is 11.3. The Hall–Kier alpha value is -1.44. The smallest absolute Gasteiger partial charge is 0.108 e. The monoisotopic (exact) mass is 214 g/mol. The Bertz CT molecular complexity index is 438. The average molecular weight is 214 g/mol. The van der Waals surface area contributed by atoms with Crippen LogP contribution in [0.2, 0.25) is 0 Å². The van der Waals surface area contributed by atoms with Crippen LogP contribution in [0.1, 0.15) is 25.3 Å². The van der Waals surface area contributed by atoms with Crippen molar-refractivity contribution in [3.63, 3.8) is 0 Å². The summed E-state index contributed by atoms with van der Waals surface area (Å²) in [7, 11) is 2.16. The minimum Gasteiger partial charge on any atom is -0.359 e. The van der Waals surface area contributed by atoms with Gasteiger partial charge < -0.3 is 9.80 Å². The van der Waals surface area contributed by atoms with Gasteiger partial charge in [0.15, 0.2) is 0 Å². The molecule has 3 rings (SSSR count). The van der Waals surface area contributed by atoms with Gasteiger partial charge >= 0.3 is 0 Å². The molecule has 0 radical (unpaired) electrons. The van der Waals surface area contributed by atoms with E-state index < -0.39 is 0 Å². The van der Waals surface area contributed by atoms with Crippen LogP contribution in [0, 0.1) is 5.92 Å². The zero-order valence-electron chi connectivity index (χ0n) is 10.1. The molecule has 0 amide bonds. The number of nitrogens with zero attached hydrogens (tertiary/aromatic N) is 2. The van der Waals surface area contributed by atoms with Gasteiger partial charge in [0.05, 0.1) is 0 Å². The summed E-state index contributed by atoms with van der Waals surface area (Å²) in [6.07, 6.45) is 4.87. The number of anilines is 1. The predicted molar refractivity (Wildman–Crippen MR) is 67.2 cm³/mol. The molecule has 0 bridgehead atoms. The largest absolute Gasteiger partial charge is 0.359 e. The summed E-state index contributed by atoms with van der Waals surface area (Å²) in [6, 6.07) is 8.77. The lowest BCUT2D eigenvalue weighted by molar-refractivity contribution is 0.234. The summed E-state index contributed by atoms with van der Waals surface area (Å²) in [5, 5.41) is 0. The summed E-state index contributed by atoms with van der Waals surface area (Å²) in [5.41, 5.74) is 2.85. The molecule has 2 aliphatic rings. The van der Waals surface area contributed by atoms with E-state index in [1.54, 1.807) is 0 Å². The summed E-state index contributed by atoms with van der Waals surface area (Å²) in [5.74, 6) is 1.27. The zero-order valence-corrected chi connectivity index (χ0v) is 10.1. The van der Waals surface area contributed by atoms with Crippen LogP contribution < -0.4 is 4.90 Å². The van der Waals surface area contributed by atoms with E-state index >= 15 is 0 Å². The first-order chi connectivity index (χ1) is 7.70. The number of hydrogen-bond acceptors (Lipinski definition) is 2. The van der Waals surface area contributed by atoms with Crippen LogP contribution in [0.3, 0.4) is 0 Å². The number of para-hydroxylation sites is 1. The van der Waals surface area contributed by atoms with Gasteiger partial charge in [0, 0.05) is 31.1 Å². The van der Waals surface area contributed by atoms with E-state index in [2.05, 4.69) is 67.4 Å². The molecule has 0 saturated carbocycles. The molecular formula is C14H18N2. The average Bonchev–Trinajstić information content (AvgIpc) is 2.69. The third kappa shape index (κ3) is 1.13. The van der Waals surface area contributed by atoms with Gasteiger partial charge in [-0.25, -0.2) is 0 Å². The fourth-order valence-corrected chi connectivity index (χ4v) is 3.05. The molecule has 3 unspecified atom stereocenters. The Balaban J connectivity index is 2.14. The molecule has 2 aliphatic heterocycles. The number of benzene rings is 1. The maximum Gasteiger partial charge on any atom is 0.108 e. The molecule has 0 saturated heterocycles. The Labute approximate surface area is 97.2 Å². The highest BCUT2D eigenvalue weighted by Gasteiger charge is 2.39. The molecule has 0 N–H and O–H groups in total. The summed E-state index contributed by atoms with van der Waals surface area (Å²) in [6.45, 7) is 4.69. The molecule has 2 heteroatoms. The lowest BCUT2D eigenvalue weighted by Crippen LogP contribution is -2.46. The molecule has 0 aliphatic carbocycles. The van der Waals surface area contributed by atoms with E-state index in [0.717, 1.165) is 0 Å². The van der Waals surface area contributed by atoms with Gasteiger partial charge in [-0.3, -0.25) is 0 Å². The van der Waals surface area contributed by atoms with Crippen LogP contribution in [-0.2, 0) is 0 Å². The second kappa shape index (κ2) is 3.27. The van der Waals surface area contributed by atoms with Crippen molar-refractivity contribution in [1.29, 1.82) is 0 Å². The third-order valence-electron chi connectivity index (χ3n) is 4.13. The van der Waals surface area contributed by atoms with E-state index in [1.807, 2.05) is 0 Å². The minimum atomic E-state index is 0.491. The normalized spacial score (nSPS) is 31.6. The standard InChI is InChI=1S/C14H18N2/c1-10-11(2)14-15(3)8-9-16(14)13-7-5-4-6-12(10)13/h4-11,14H,1-3H3. The number of fused-ring (bicyclic) bond motifs is 3. The molecular weight excluding hydrogens is 196 g/mol. The van der Waals surface area contributed by atoms with E-state index in [0.29, 0.717) is 18.0 Å². The molecule has 2 nitrogen and oxygen atoms in total. The summed E-state index contributed by atoms with van der Waals surface area (Å²) >= 11 is 0. The van der Waals surface area contributed by atoms with Gasteiger partial charge in [0.1, 0.15) is 6.17 Å². The fourth-order valence-electron chi connectivity index (χ4n) is 3.05. The predicted octanol–water partition coefficient (Wildman–Crippen LogP) is 2.99. The number of hydrogen-bond donors (Lipinski definition) is 0. The van der Waals surface area contributed by atoms with Crippen molar-refractivity contribution in [2.45, 2.75) is 25.9 Å². The topological polar surface area (TPSA) is 6.48 Å². The minimum absolute atomic E-state index is 0.491. The highest BCUT2D eigenvalue weighted by molar-refractivity contribution is 5.61. The van der Waals surface area contributed by atoms with Gasteiger partial charge in [-0.1, -0.05) is 32.0 Å². The lowest BCUT2D eigenvalue weighted by atomic mass is 9.81. The summed E-state index contributed by atoms with van der Waals surface area (Å²) < 4.78 is 0. The van der Waals surface area contributed by atoms with Crippen LogP contribution in [0.25, 0.3) is 0 Å². The van der Waals surface area contributed by atoms with E-state index in [-0.39, 0.29) is 0 Å². The molecule has 0 fully saturated rings. The van der Waals surface area contributed by atoms with Gasteiger partial charge in [0.2, 0.25) is 0 Å². The number of rotatable bonds is 0. The Morgan fingerprint density at radius 2 is 1.81 bits per heavy atom. The van der Waals surface area contributed by atoms with Crippen molar-refractivity contribution >= 4 is 5.69 Å². The van der Waals surface area contributed by atoms with Crippen LogP contribution in [0.5, 0.6) is 0 Å². The van der Waals surface area contributed by atoms with Gasteiger partial charge in [-0.15, -0.1) is 0 Å². The van der Waals surface area contributed by atoms with E-state index in [1.165, 1.54) is 11.3 Å². The second-order valence-corrected chi connectivity index (χ2v) is 4.99. The second-order valence-electron chi connectivity index (χ2n) is 4.99. The van der Waals surface area contributed by atoms with Crippen molar-refractivity contribution < 1.29 is 0 Å². The van der Waals surface area contributed by atoms with Crippen LogP contribution >= 0.6 is 0 Å². The highest BCUT2D eigenvalue weighted by Crippen LogP contribution is 2.44. The first-order valence-electron chi connectivity index (χ1n) is 5.97. The highest BCUT2D eigenvalue weighted by atomic mass is 15.4. The van der Waals surface area contributed by atoms with Crippen molar-refractivity contribution in [2.75, 3.05) is 11.9 Å². The van der Waals surface area contributed by atoms with Crippen molar-refractivity contribution in [2.24, 2.45) is 5.92 Å². The first-order valence-corrected chi connectivity index (χ1v) is 5.97. The Morgan fingerprint density at radius 3 is 2.62 bits per heavy atom. The third-order valence-corrected chi connectivity index (χ3v) is 4.13. The maximum absolute atomic E-state index is 2.40. The van der Waals surface area contributed by atoms with Crippen molar-refractivity contribution in [3.05, 3.63) is 42.2 Å². The Kier molecular flexibility index (Phi) is 2.00. The van der Waals surface area contributed by atoms with Gasteiger partial charge in [0.25, 0.3) is 0 Å². The molecule has 0 spiro atoms. The van der Waals surface area contributed by atoms with Crippen LogP contribution in [0.4, 0.5) is 5.69 Å². The molecule has 0 aromatic heterocycles. The molecule has 3 atom stereocenters. The fraction of sp³-hybridized carbons (Fsp3) is 0.429. The SMILES string of the molecule is CC1c2ccccc2N2C=CN(C)C2C1C.